The Hall–Kier alpha value is -1.49. The van der Waals surface area contributed by atoms with Gasteiger partial charge in [0.1, 0.15) is 0 Å². The molecule has 0 aliphatic carbocycles. The van der Waals surface area contributed by atoms with Crippen LogP contribution in [0.25, 0.3) is 0 Å². The van der Waals surface area contributed by atoms with Gasteiger partial charge in [-0.2, -0.15) is 10.2 Å². The van der Waals surface area contributed by atoms with E-state index in [-0.39, 0.29) is 11.9 Å². The fourth-order valence-electron chi connectivity index (χ4n) is 1.78. The second kappa shape index (κ2) is 4.35. The van der Waals surface area contributed by atoms with Crippen LogP contribution < -0.4 is 5.32 Å². The van der Waals surface area contributed by atoms with Crippen molar-refractivity contribution < 1.29 is 4.79 Å². The first-order chi connectivity index (χ1) is 7.31. The van der Waals surface area contributed by atoms with Crippen molar-refractivity contribution in [1.29, 1.82) is 0 Å². The molecule has 0 aromatic carbocycles. The zero-order chi connectivity index (χ0) is 10.7. The average Bonchev–Trinajstić information content (AvgIpc) is 2.62. The van der Waals surface area contributed by atoms with Gasteiger partial charge in [0.05, 0.1) is 18.3 Å². The first-order valence-electron chi connectivity index (χ1n) is 5.04. The highest BCUT2D eigenvalue weighted by molar-refractivity contribution is 5.83. The number of carbonyl (C=O) groups excluding carboxylic acids is 1. The lowest BCUT2D eigenvalue weighted by atomic mass is 10.3. The summed E-state index contributed by atoms with van der Waals surface area (Å²) in [7, 11) is 1.81. The van der Waals surface area contributed by atoms with E-state index in [1.807, 2.05) is 24.1 Å². The molecule has 1 unspecified atom stereocenters. The number of likely N-dealkylation sites (tertiary alicyclic amines) is 1. The Labute approximate surface area is 88.5 Å². The minimum atomic E-state index is -0.0262. The van der Waals surface area contributed by atoms with Crippen LogP contribution in [0.15, 0.2) is 18.3 Å². The predicted molar refractivity (Wildman–Crippen MR) is 54.9 cm³/mol. The van der Waals surface area contributed by atoms with E-state index in [2.05, 4.69) is 15.5 Å². The number of nitrogens with one attached hydrogen (secondary N) is 1. The topological polar surface area (TPSA) is 58.1 Å². The van der Waals surface area contributed by atoms with Crippen LogP contribution >= 0.6 is 0 Å². The van der Waals surface area contributed by atoms with E-state index in [9.17, 15) is 4.79 Å². The van der Waals surface area contributed by atoms with Gasteiger partial charge in [-0.25, -0.2) is 0 Å². The van der Waals surface area contributed by atoms with Crippen LogP contribution in [0.3, 0.4) is 0 Å². The van der Waals surface area contributed by atoms with Crippen molar-refractivity contribution in [2.45, 2.75) is 19.0 Å². The number of carbonyl (C=O) groups is 1. The van der Waals surface area contributed by atoms with Crippen LogP contribution in [0.1, 0.15) is 12.1 Å². The fourth-order valence-corrected chi connectivity index (χ4v) is 1.78. The van der Waals surface area contributed by atoms with Gasteiger partial charge in [0.15, 0.2) is 0 Å². The largest absolute Gasteiger partial charge is 0.335 e. The van der Waals surface area contributed by atoms with E-state index in [1.54, 1.807) is 6.20 Å². The van der Waals surface area contributed by atoms with E-state index >= 15 is 0 Å². The van der Waals surface area contributed by atoms with Crippen molar-refractivity contribution in [1.82, 2.24) is 20.4 Å². The number of amides is 1. The molecule has 1 aromatic rings. The fraction of sp³-hybridized carbons (Fsp3) is 0.500. The summed E-state index contributed by atoms with van der Waals surface area (Å²) in [5, 5.41) is 10.8. The summed E-state index contributed by atoms with van der Waals surface area (Å²) in [5.41, 5.74) is 0.836. The molecule has 0 saturated carbocycles. The Morgan fingerprint density at radius 2 is 2.53 bits per heavy atom. The van der Waals surface area contributed by atoms with Crippen LogP contribution in [-0.4, -0.2) is 40.6 Å². The smallest absolute Gasteiger partial charge is 0.240 e. The Balaban J connectivity index is 2.00. The maximum Gasteiger partial charge on any atom is 0.240 e. The summed E-state index contributed by atoms with van der Waals surface area (Å²) in [6, 6.07) is 3.69. The molecule has 5 heteroatoms. The number of rotatable bonds is 3. The summed E-state index contributed by atoms with van der Waals surface area (Å²) in [4.78, 5) is 13.6. The molecule has 0 bridgehead atoms. The summed E-state index contributed by atoms with van der Waals surface area (Å²) in [6.07, 6.45) is 2.50. The molecule has 2 heterocycles. The SMILES string of the molecule is CNC1CCN(Cc2cccnn2)C1=O. The maximum absolute atomic E-state index is 11.8. The quantitative estimate of drug-likeness (QED) is 0.744. The molecule has 0 spiro atoms. The van der Waals surface area contributed by atoms with Crippen LogP contribution in [0, 0.1) is 0 Å². The van der Waals surface area contributed by atoms with Crippen LogP contribution in [-0.2, 0) is 11.3 Å². The number of hydrogen-bond donors (Lipinski definition) is 1. The highest BCUT2D eigenvalue weighted by Crippen LogP contribution is 2.13. The summed E-state index contributed by atoms with van der Waals surface area (Å²) in [5.74, 6) is 0.156. The maximum atomic E-state index is 11.8. The molecule has 1 aromatic heterocycles. The third-order valence-electron chi connectivity index (χ3n) is 2.63. The number of aromatic nitrogens is 2. The van der Waals surface area contributed by atoms with E-state index in [0.29, 0.717) is 6.54 Å². The highest BCUT2D eigenvalue weighted by Gasteiger charge is 2.30. The van der Waals surface area contributed by atoms with E-state index in [4.69, 9.17) is 0 Å². The molecule has 0 radical (unpaired) electrons. The number of hydrogen-bond acceptors (Lipinski definition) is 4. The molecule has 1 aliphatic rings. The lowest BCUT2D eigenvalue weighted by molar-refractivity contribution is -0.129. The first-order valence-corrected chi connectivity index (χ1v) is 5.04. The molecule has 80 valence electrons. The molecule has 2 rings (SSSR count). The number of likely N-dealkylation sites (N-methyl/N-ethyl adjacent to an activating group) is 1. The molecule has 5 nitrogen and oxygen atoms in total. The Morgan fingerprint density at radius 1 is 1.67 bits per heavy atom. The second-order valence-electron chi connectivity index (χ2n) is 3.60. The molecule has 15 heavy (non-hydrogen) atoms. The molecule has 1 fully saturated rings. The van der Waals surface area contributed by atoms with Gasteiger partial charge in [0, 0.05) is 12.7 Å². The van der Waals surface area contributed by atoms with Gasteiger partial charge < -0.3 is 10.2 Å². The molecule has 1 saturated heterocycles. The number of nitrogens with zero attached hydrogens (tertiary/aromatic N) is 3. The zero-order valence-electron chi connectivity index (χ0n) is 8.68. The van der Waals surface area contributed by atoms with Crippen molar-refractivity contribution in [3.8, 4) is 0 Å². The van der Waals surface area contributed by atoms with Gasteiger partial charge in [0.25, 0.3) is 0 Å². The zero-order valence-corrected chi connectivity index (χ0v) is 8.68. The van der Waals surface area contributed by atoms with Crippen molar-refractivity contribution in [2.75, 3.05) is 13.6 Å². The Morgan fingerprint density at radius 3 is 3.13 bits per heavy atom. The summed E-state index contributed by atoms with van der Waals surface area (Å²) < 4.78 is 0. The normalized spacial score (nSPS) is 21.0. The first kappa shape index (κ1) is 10.0. The van der Waals surface area contributed by atoms with Crippen molar-refractivity contribution in [3.05, 3.63) is 24.0 Å². The van der Waals surface area contributed by atoms with E-state index < -0.39 is 0 Å². The van der Waals surface area contributed by atoms with Gasteiger partial charge >= 0.3 is 0 Å². The van der Waals surface area contributed by atoms with Gasteiger partial charge in [-0.3, -0.25) is 4.79 Å². The molecule has 1 atom stereocenters. The van der Waals surface area contributed by atoms with Crippen LogP contribution in [0.2, 0.25) is 0 Å². The van der Waals surface area contributed by atoms with Gasteiger partial charge in [-0.1, -0.05) is 0 Å². The van der Waals surface area contributed by atoms with E-state index in [1.165, 1.54) is 0 Å². The third-order valence-corrected chi connectivity index (χ3v) is 2.63. The van der Waals surface area contributed by atoms with E-state index in [0.717, 1.165) is 18.7 Å². The minimum absolute atomic E-state index is 0.0262. The van der Waals surface area contributed by atoms with Crippen molar-refractivity contribution >= 4 is 5.91 Å². The van der Waals surface area contributed by atoms with Crippen LogP contribution in [0.5, 0.6) is 0 Å². The molecular formula is C10H14N4O. The Kier molecular flexibility index (Phi) is 2.91. The summed E-state index contributed by atoms with van der Waals surface area (Å²) in [6.45, 7) is 1.35. The van der Waals surface area contributed by atoms with Gasteiger partial charge in [0.2, 0.25) is 5.91 Å². The summed E-state index contributed by atoms with van der Waals surface area (Å²) >= 11 is 0. The lowest BCUT2D eigenvalue weighted by Crippen LogP contribution is -2.36. The standard InChI is InChI=1S/C10H14N4O/c1-11-9-4-6-14(10(9)15)7-8-3-2-5-12-13-8/h2-3,5,9,11H,4,6-7H2,1H3. The van der Waals surface area contributed by atoms with Gasteiger partial charge in [-0.05, 0) is 25.6 Å². The van der Waals surface area contributed by atoms with Crippen LogP contribution in [0.4, 0.5) is 0 Å². The molecule has 1 amide bonds. The lowest BCUT2D eigenvalue weighted by Gasteiger charge is -2.15. The third kappa shape index (κ3) is 2.12. The highest BCUT2D eigenvalue weighted by atomic mass is 16.2. The molecular weight excluding hydrogens is 192 g/mol. The van der Waals surface area contributed by atoms with Gasteiger partial charge in [-0.15, -0.1) is 0 Å². The van der Waals surface area contributed by atoms with Crippen molar-refractivity contribution in [2.24, 2.45) is 0 Å². The Bertz CT molecular complexity index is 341. The average molecular weight is 206 g/mol. The molecule has 1 N–H and O–H groups in total. The van der Waals surface area contributed by atoms with Crippen molar-refractivity contribution in [3.63, 3.8) is 0 Å². The molecule has 1 aliphatic heterocycles. The predicted octanol–water partition coefficient (Wildman–Crippen LogP) is -0.203. The minimum Gasteiger partial charge on any atom is -0.335 e. The second-order valence-corrected chi connectivity index (χ2v) is 3.60. The monoisotopic (exact) mass is 206 g/mol.